The smallest absolute Gasteiger partial charge is 0.406 e. The van der Waals surface area contributed by atoms with E-state index in [9.17, 15) is 39.6 Å². The Labute approximate surface area is 182 Å². The van der Waals surface area contributed by atoms with E-state index in [-0.39, 0.29) is 23.2 Å². The molecule has 0 unspecified atom stereocenters. The van der Waals surface area contributed by atoms with Gasteiger partial charge in [-0.15, -0.1) is 18.3 Å². The van der Waals surface area contributed by atoms with E-state index in [0.29, 0.717) is 12.1 Å². The van der Waals surface area contributed by atoms with Crippen LogP contribution in [0, 0.1) is 0 Å². The number of alkyl halides is 6. The average molecular weight is 493 g/mol. The molecule has 1 aromatic carbocycles. The van der Waals surface area contributed by atoms with Crippen molar-refractivity contribution in [2.24, 2.45) is 0 Å². The normalized spacial score (nSPS) is 14.8. The van der Waals surface area contributed by atoms with Crippen molar-refractivity contribution in [3.8, 4) is 5.75 Å². The molecular weight excluding hydrogens is 480 g/mol. The van der Waals surface area contributed by atoms with Gasteiger partial charge in [-0.2, -0.15) is 13.2 Å². The third kappa shape index (κ3) is 4.10. The highest BCUT2D eigenvalue weighted by Gasteiger charge is 2.38. The molecule has 0 spiro atoms. The molecule has 14 heteroatoms. The van der Waals surface area contributed by atoms with Gasteiger partial charge in [-0.25, -0.2) is 12.9 Å². The highest BCUT2D eigenvalue weighted by molar-refractivity contribution is 7.91. The van der Waals surface area contributed by atoms with E-state index in [1.807, 2.05) is 0 Å². The largest absolute Gasteiger partial charge is 0.573 e. The quantitative estimate of drug-likeness (QED) is 0.509. The number of carbonyl (C=O) groups excluding carboxylic acids is 1. The van der Waals surface area contributed by atoms with Crippen LogP contribution < -0.4 is 9.64 Å². The summed E-state index contributed by atoms with van der Waals surface area (Å²) in [5, 5.41) is 4.01. The van der Waals surface area contributed by atoms with Gasteiger partial charge >= 0.3 is 12.5 Å². The summed E-state index contributed by atoms with van der Waals surface area (Å²) in [7, 11) is -4.17. The number of hydrogen-bond acceptors (Lipinski definition) is 5. The number of hydrogen-bond donors (Lipinski definition) is 0. The molecule has 3 aromatic rings. The van der Waals surface area contributed by atoms with Gasteiger partial charge < -0.3 is 4.74 Å². The van der Waals surface area contributed by atoms with Gasteiger partial charge in [0.2, 0.25) is 0 Å². The summed E-state index contributed by atoms with van der Waals surface area (Å²) in [6.45, 7) is 1.03. The summed E-state index contributed by atoms with van der Waals surface area (Å²) in [5.41, 5.74) is -1.41. The number of ether oxygens (including phenoxy) is 1. The lowest BCUT2D eigenvalue weighted by Crippen LogP contribution is -2.25. The fraction of sp³-hybridized carbons (Fsp3) is 0.263. The van der Waals surface area contributed by atoms with Crippen LogP contribution in [0.3, 0.4) is 0 Å². The van der Waals surface area contributed by atoms with E-state index in [2.05, 4.69) is 9.84 Å². The third-order valence-corrected chi connectivity index (χ3v) is 6.74. The molecule has 0 aliphatic carbocycles. The van der Waals surface area contributed by atoms with Crippen LogP contribution in [-0.2, 0) is 22.6 Å². The van der Waals surface area contributed by atoms with Crippen molar-refractivity contribution in [1.29, 1.82) is 0 Å². The lowest BCUT2D eigenvalue weighted by molar-refractivity contribution is -0.274. The van der Waals surface area contributed by atoms with E-state index < -0.39 is 56.1 Å². The van der Waals surface area contributed by atoms with Gasteiger partial charge in [-0.3, -0.25) is 9.69 Å². The van der Waals surface area contributed by atoms with Gasteiger partial charge in [0, 0.05) is 11.8 Å². The molecule has 3 heterocycles. The van der Waals surface area contributed by atoms with Crippen LogP contribution in [0.2, 0.25) is 0 Å². The number of nitrogens with zero attached hydrogens (tertiary/aromatic N) is 3. The molecule has 0 fully saturated rings. The standard InChI is InChI=1S/C19H13F6N3O4S/c1-2-33(30,31)15-14-7-11(18(20,21)22)5-6-28(14)26-16(15)27-9-10-3-4-12(32-19(23,24)25)8-13(10)17(27)29/h3-8H,2,9H2,1H3. The number of rotatable bonds is 4. The van der Waals surface area contributed by atoms with E-state index in [0.717, 1.165) is 27.7 Å². The van der Waals surface area contributed by atoms with Crippen molar-refractivity contribution in [3.63, 3.8) is 0 Å². The van der Waals surface area contributed by atoms with Crippen molar-refractivity contribution in [1.82, 2.24) is 9.61 Å². The first-order valence-electron chi connectivity index (χ1n) is 9.24. The first-order valence-corrected chi connectivity index (χ1v) is 10.9. The predicted molar refractivity (Wildman–Crippen MR) is 102 cm³/mol. The Hall–Kier alpha value is -3.29. The highest BCUT2D eigenvalue weighted by atomic mass is 32.2. The Morgan fingerprint density at radius 1 is 1.09 bits per heavy atom. The summed E-state index contributed by atoms with van der Waals surface area (Å²) < 4.78 is 107. The number of pyridine rings is 1. The first-order chi connectivity index (χ1) is 15.2. The molecular formula is C19H13F6N3O4S. The molecule has 0 radical (unpaired) electrons. The fourth-order valence-corrected chi connectivity index (χ4v) is 4.64. The van der Waals surface area contributed by atoms with Gasteiger partial charge in [0.15, 0.2) is 15.7 Å². The zero-order chi connectivity index (χ0) is 24.3. The van der Waals surface area contributed by atoms with Gasteiger partial charge in [0.1, 0.15) is 10.6 Å². The minimum atomic E-state index is -4.99. The van der Waals surface area contributed by atoms with Crippen molar-refractivity contribution in [2.75, 3.05) is 10.7 Å². The maximum absolute atomic E-state index is 13.2. The van der Waals surface area contributed by atoms with Gasteiger partial charge in [0.25, 0.3) is 5.91 Å². The zero-order valence-electron chi connectivity index (χ0n) is 16.5. The van der Waals surface area contributed by atoms with Crippen molar-refractivity contribution >= 4 is 27.1 Å². The molecule has 2 aromatic heterocycles. The second-order valence-electron chi connectivity index (χ2n) is 7.06. The molecule has 33 heavy (non-hydrogen) atoms. The van der Waals surface area contributed by atoms with Gasteiger partial charge in [-0.05, 0) is 29.8 Å². The second kappa shape index (κ2) is 7.37. The van der Waals surface area contributed by atoms with E-state index >= 15 is 0 Å². The lowest BCUT2D eigenvalue weighted by atomic mass is 10.1. The van der Waals surface area contributed by atoms with Crippen molar-refractivity contribution < 1.29 is 44.3 Å². The first kappa shape index (κ1) is 22.9. The SMILES string of the molecule is CCS(=O)(=O)c1c(N2Cc3ccc(OC(F)(F)F)cc3C2=O)nn2ccc(C(F)(F)F)cc12. The molecule has 1 amide bonds. The second-order valence-corrected chi connectivity index (χ2v) is 9.27. The van der Waals surface area contributed by atoms with Crippen LogP contribution in [0.5, 0.6) is 5.75 Å². The number of halogens is 6. The monoisotopic (exact) mass is 493 g/mol. The van der Waals surface area contributed by atoms with Crippen LogP contribution in [0.1, 0.15) is 28.4 Å². The molecule has 7 nitrogen and oxygen atoms in total. The number of fused-ring (bicyclic) bond motifs is 2. The topological polar surface area (TPSA) is 81.0 Å². The van der Waals surface area contributed by atoms with Crippen molar-refractivity contribution in [2.45, 2.75) is 30.9 Å². The molecule has 1 aliphatic rings. The fourth-order valence-electron chi connectivity index (χ4n) is 3.46. The van der Waals surface area contributed by atoms with Crippen LogP contribution >= 0.6 is 0 Å². The number of sulfone groups is 1. The van der Waals surface area contributed by atoms with Crippen molar-refractivity contribution in [3.05, 3.63) is 53.2 Å². The van der Waals surface area contributed by atoms with Gasteiger partial charge in [0.05, 0.1) is 23.4 Å². The summed E-state index contributed by atoms with van der Waals surface area (Å²) in [5.74, 6) is -2.43. The van der Waals surface area contributed by atoms with Crippen LogP contribution in [-0.4, -0.2) is 36.1 Å². The van der Waals surface area contributed by atoms with E-state index in [1.165, 1.54) is 13.0 Å². The maximum Gasteiger partial charge on any atom is 0.573 e. The van der Waals surface area contributed by atoms with Crippen LogP contribution in [0.4, 0.5) is 32.2 Å². The number of benzene rings is 1. The highest BCUT2D eigenvalue weighted by Crippen LogP contribution is 2.38. The Kier molecular flexibility index (Phi) is 5.11. The molecule has 0 saturated heterocycles. The lowest BCUT2D eigenvalue weighted by Gasteiger charge is -2.14. The molecule has 0 N–H and O–H groups in total. The Balaban J connectivity index is 1.85. The third-order valence-electron chi connectivity index (χ3n) is 4.97. The summed E-state index contributed by atoms with van der Waals surface area (Å²) in [4.78, 5) is 13.3. The summed E-state index contributed by atoms with van der Waals surface area (Å²) >= 11 is 0. The van der Waals surface area contributed by atoms with E-state index in [4.69, 9.17) is 0 Å². The number of carbonyl (C=O) groups is 1. The number of anilines is 1. The number of aromatic nitrogens is 2. The van der Waals surface area contributed by atoms with Crippen LogP contribution in [0.25, 0.3) is 5.52 Å². The number of amides is 1. The van der Waals surface area contributed by atoms with E-state index in [1.54, 1.807) is 0 Å². The molecule has 4 rings (SSSR count). The zero-order valence-corrected chi connectivity index (χ0v) is 17.3. The summed E-state index contributed by atoms with van der Waals surface area (Å²) in [6.07, 6.45) is -8.83. The van der Waals surface area contributed by atoms with Gasteiger partial charge in [-0.1, -0.05) is 13.0 Å². The molecule has 1 aliphatic heterocycles. The minimum Gasteiger partial charge on any atom is -0.406 e. The Morgan fingerprint density at radius 3 is 2.39 bits per heavy atom. The molecule has 0 bridgehead atoms. The Bertz CT molecular complexity index is 1380. The molecule has 0 saturated carbocycles. The average Bonchev–Trinajstić information content (AvgIpc) is 3.24. The minimum absolute atomic E-state index is 0.176. The predicted octanol–water partition coefficient (Wildman–Crippen LogP) is 4.21. The summed E-state index contributed by atoms with van der Waals surface area (Å²) in [6, 6.07) is 4.37. The molecule has 0 atom stereocenters. The Morgan fingerprint density at radius 2 is 1.79 bits per heavy atom. The molecule has 176 valence electrons. The van der Waals surface area contributed by atoms with Crippen LogP contribution in [0.15, 0.2) is 41.4 Å². The maximum atomic E-state index is 13.2.